The second-order valence-corrected chi connectivity index (χ2v) is 4.03. The SMILES string of the molecule is [O]CCCCC(=O)c1ccc(Cl)c(Cl)c1. The summed E-state index contributed by atoms with van der Waals surface area (Å²) < 4.78 is 0. The van der Waals surface area contributed by atoms with Crippen molar-refractivity contribution in [3.8, 4) is 0 Å². The van der Waals surface area contributed by atoms with Gasteiger partial charge in [-0.05, 0) is 31.0 Å². The molecule has 0 bridgehead atoms. The molecule has 0 aliphatic rings. The summed E-state index contributed by atoms with van der Waals surface area (Å²) in [6, 6.07) is 4.81. The number of halogens is 2. The summed E-state index contributed by atoms with van der Waals surface area (Å²) in [4.78, 5) is 11.6. The summed E-state index contributed by atoms with van der Waals surface area (Å²) in [7, 11) is 0. The molecule has 4 heteroatoms. The van der Waals surface area contributed by atoms with Crippen LogP contribution >= 0.6 is 23.2 Å². The van der Waals surface area contributed by atoms with E-state index in [4.69, 9.17) is 23.2 Å². The Morgan fingerprint density at radius 2 is 1.87 bits per heavy atom. The van der Waals surface area contributed by atoms with Gasteiger partial charge >= 0.3 is 0 Å². The number of rotatable bonds is 5. The van der Waals surface area contributed by atoms with Crippen molar-refractivity contribution in [2.45, 2.75) is 19.3 Å². The molecule has 1 aromatic rings. The number of ketones is 1. The van der Waals surface area contributed by atoms with E-state index in [1.54, 1.807) is 18.2 Å². The second kappa shape index (κ2) is 6.11. The average molecular weight is 246 g/mol. The number of Topliss-reactive ketones (excluding diaryl/α,β-unsaturated/α-hetero) is 1. The van der Waals surface area contributed by atoms with Crippen molar-refractivity contribution in [2.75, 3.05) is 6.61 Å². The quantitative estimate of drug-likeness (QED) is 0.575. The minimum absolute atomic E-state index is 0.00187. The highest BCUT2D eigenvalue weighted by atomic mass is 35.5. The van der Waals surface area contributed by atoms with Gasteiger partial charge in [-0.1, -0.05) is 23.2 Å². The van der Waals surface area contributed by atoms with E-state index in [0.717, 1.165) is 0 Å². The molecule has 0 N–H and O–H groups in total. The number of hydrogen-bond donors (Lipinski definition) is 0. The largest absolute Gasteiger partial charge is 0.294 e. The van der Waals surface area contributed by atoms with Crippen molar-refractivity contribution in [3.05, 3.63) is 33.8 Å². The molecule has 0 unspecified atom stereocenters. The minimum atomic E-state index is -0.130. The average Bonchev–Trinajstić information content (AvgIpc) is 2.22. The van der Waals surface area contributed by atoms with Crippen LogP contribution in [0.5, 0.6) is 0 Å². The predicted octanol–water partition coefficient (Wildman–Crippen LogP) is 3.78. The van der Waals surface area contributed by atoms with Crippen molar-refractivity contribution in [2.24, 2.45) is 0 Å². The van der Waals surface area contributed by atoms with Gasteiger partial charge in [-0.2, -0.15) is 0 Å². The van der Waals surface area contributed by atoms with E-state index in [0.29, 0.717) is 34.9 Å². The molecule has 0 saturated carbocycles. The Labute approximate surface area is 98.8 Å². The molecule has 15 heavy (non-hydrogen) atoms. The summed E-state index contributed by atoms with van der Waals surface area (Å²) in [6.45, 7) is -0.130. The maximum atomic E-state index is 11.6. The molecule has 1 radical (unpaired) electrons. The fourth-order valence-electron chi connectivity index (χ4n) is 1.20. The number of carbonyl (C=O) groups excluding carboxylic acids is 1. The van der Waals surface area contributed by atoms with Gasteiger partial charge in [-0.15, -0.1) is 0 Å². The molecule has 1 rings (SSSR count). The van der Waals surface area contributed by atoms with Crippen molar-refractivity contribution < 1.29 is 9.90 Å². The van der Waals surface area contributed by atoms with Crippen molar-refractivity contribution in [1.29, 1.82) is 0 Å². The van der Waals surface area contributed by atoms with Crippen LogP contribution in [-0.4, -0.2) is 12.4 Å². The lowest BCUT2D eigenvalue weighted by Gasteiger charge is -2.01. The maximum absolute atomic E-state index is 11.6. The fourth-order valence-corrected chi connectivity index (χ4v) is 1.50. The van der Waals surface area contributed by atoms with E-state index in [1.165, 1.54) is 0 Å². The summed E-state index contributed by atoms with van der Waals surface area (Å²) in [5.41, 5.74) is 0.551. The normalized spacial score (nSPS) is 10.3. The van der Waals surface area contributed by atoms with Crippen LogP contribution in [0, 0.1) is 0 Å². The molecular formula is C11H11Cl2O2. The van der Waals surface area contributed by atoms with E-state index in [2.05, 4.69) is 0 Å². The highest BCUT2D eigenvalue weighted by molar-refractivity contribution is 6.42. The molecule has 0 aromatic heterocycles. The molecule has 81 valence electrons. The van der Waals surface area contributed by atoms with Gasteiger partial charge in [0.05, 0.1) is 16.7 Å². The first-order valence-corrected chi connectivity index (χ1v) is 5.47. The van der Waals surface area contributed by atoms with Gasteiger partial charge < -0.3 is 0 Å². The molecule has 0 fully saturated rings. The van der Waals surface area contributed by atoms with Crippen molar-refractivity contribution in [3.63, 3.8) is 0 Å². The van der Waals surface area contributed by atoms with Gasteiger partial charge in [0.25, 0.3) is 0 Å². The number of unbranched alkanes of at least 4 members (excludes halogenated alkanes) is 1. The highest BCUT2D eigenvalue weighted by Gasteiger charge is 2.07. The van der Waals surface area contributed by atoms with Crippen LogP contribution in [0.4, 0.5) is 0 Å². The minimum Gasteiger partial charge on any atom is -0.294 e. The molecule has 0 saturated heterocycles. The Morgan fingerprint density at radius 3 is 2.47 bits per heavy atom. The maximum Gasteiger partial charge on any atom is 0.162 e. The van der Waals surface area contributed by atoms with E-state index in [9.17, 15) is 9.90 Å². The van der Waals surface area contributed by atoms with Crippen LogP contribution in [0.3, 0.4) is 0 Å². The fraction of sp³-hybridized carbons (Fsp3) is 0.364. The van der Waals surface area contributed by atoms with E-state index >= 15 is 0 Å². The first-order valence-electron chi connectivity index (χ1n) is 4.71. The molecule has 0 aliphatic carbocycles. The number of benzene rings is 1. The van der Waals surface area contributed by atoms with Crippen LogP contribution in [0.2, 0.25) is 10.0 Å². The van der Waals surface area contributed by atoms with Gasteiger partial charge in [0.15, 0.2) is 5.78 Å². The molecule has 0 atom stereocenters. The van der Waals surface area contributed by atoms with Gasteiger partial charge in [-0.25, -0.2) is 5.11 Å². The van der Waals surface area contributed by atoms with Crippen molar-refractivity contribution >= 4 is 29.0 Å². The monoisotopic (exact) mass is 245 g/mol. The zero-order valence-electron chi connectivity index (χ0n) is 8.13. The van der Waals surface area contributed by atoms with Gasteiger partial charge in [0.2, 0.25) is 0 Å². The second-order valence-electron chi connectivity index (χ2n) is 3.21. The number of carbonyl (C=O) groups is 1. The van der Waals surface area contributed by atoms with Crippen LogP contribution in [0.1, 0.15) is 29.6 Å². The summed E-state index contributed by atoms with van der Waals surface area (Å²) in [6.07, 6.45) is 1.55. The molecular weight excluding hydrogens is 235 g/mol. The Balaban J connectivity index is 2.62. The third-order valence-corrected chi connectivity index (χ3v) is 2.78. The molecule has 0 aliphatic heterocycles. The molecule has 0 heterocycles. The predicted molar refractivity (Wildman–Crippen MR) is 60.2 cm³/mol. The van der Waals surface area contributed by atoms with Crippen molar-refractivity contribution in [1.82, 2.24) is 0 Å². The first kappa shape index (κ1) is 12.5. The smallest absolute Gasteiger partial charge is 0.162 e. The lowest BCUT2D eigenvalue weighted by atomic mass is 10.1. The lowest BCUT2D eigenvalue weighted by molar-refractivity contribution is 0.0974. The molecule has 0 amide bonds. The van der Waals surface area contributed by atoms with E-state index in [1.807, 2.05) is 0 Å². The Hall–Kier alpha value is -0.570. The summed E-state index contributed by atoms with van der Waals surface area (Å²) in [5, 5.41) is 11.0. The Morgan fingerprint density at radius 1 is 1.13 bits per heavy atom. The Kier molecular flexibility index (Phi) is 5.09. The van der Waals surface area contributed by atoms with Crippen LogP contribution in [0.15, 0.2) is 18.2 Å². The number of hydrogen-bond acceptors (Lipinski definition) is 1. The van der Waals surface area contributed by atoms with Gasteiger partial charge in [-0.3, -0.25) is 4.79 Å². The zero-order chi connectivity index (χ0) is 11.3. The zero-order valence-corrected chi connectivity index (χ0v) is 9.64. The molecule has 0 spiro atoms. The molecule has 1 aromatic carbocycles. The van der Waals surface area contributed by atoms with E-state index < -0.39 is 0 Å². The topological polar surface area (TPSA) is 37.0 Å². The van der Waals surface area contributed by atoms with Crippen LogP contribution in [-0.2, 0) is 5.11 Å². The summed E-state index contributed by atoms with van der Waals surface area (Å²) in [5.74, 6) is 0.00187. The third kappa shape index (κ3) is 3.82. The van der Waals surface area contributed by atoms with E-state index in [-0.39, 0.29) is 12.4 Å². The third-order valence-electron chi connectivity index (χ3n) is 2.04. The van der Waals surface area contributed by atoms with Gasteiger partial charge in [0, 0.05) is 12.0 Å². The first-order chi connectivity index (χ1) is 7.15. The highest BCUT2D eigenvalue weighted by Crippen LogP contribution is 2.23. The lowest BCUT2D eigenvalue weighted by Crippen LogP contribution is -1.99. The van der Waals surface area contributed by atoms with Crippen LogP contribution in [0.25, 0.3) is 0 Å². The van der Waals surface area contributed by atoms with Crippen LogP contribution < -0.4 is 0 Å². The Bertz CT molecular complexity index is 350. The summed E-state index contributed by atoms with van der Waals surface area (Å²) >= 11 is 11.5. The van der Waals surface area contributed by atoms with Gasteiger partial charge in [0.1, 0.15) is 0 Å². The standard InChI is InChI=1S/C11H11Cl2O2/c12-9-5-4-8(7-10(9)13)11(15)3-1-2-6-14/h4-5,7H,1-3,6H2. The molecule has 2 nitrogen and oxygen atoms in total.